The van der Waals surface area contributed by atoms with Gasteiger partial charge >= 0.3 is 0 Å². The third kappa shape index (κ3) is 3.72. The number of thioether (sulfide) groups is 1. The molecule has 4 heteroatoms. The largest absolute Gasteiger partial charge is 0.207 e. The molecule has 0 atom stereocenters. The highest BCUT2D eigenvalue weighted by Crippen LogP contribution is 2.25. The molecular weight excluding hydrogens is 262 g/mol. The summed E-state index contributed by atoms with van der Waals surface area (Å²) < 4.78 is 25.9. The van der Waals surface area contributed by atoms with E-state index in [0.29, 0.717) is 15.7 Å². The molecule has 2 aromatic carbocycles. The van der Waals surface area contributed by atoms with Crippen molar-refractivity contribution in [3.8, 4) is 0 Å². The van der Waals surface area contributed by atoms with Gasteiger partial charge in [-0.25, -0.2) is 8.78 Å². The molecule has 0 radical (unpaired) electrons. The maximum Gasteiger partial charge on any atom is 0.127 e. The highest BCUT2D eigenvalue weighted by molar-refractivity contribution is 7.98. The summed E-state index contributed by atoms with van der Waals surface area (Å²) in [7, 11) is 0. The van der Waals surface area contributed by atoms with Crippen molar-refractivity contribution in [3.63, 3.8) is 0 Å². The van der Waals surface area contributed by atoms with E-state index >= 15 is 0 Å². The molecule has 88 valence electrons. The van der Waals surface area contributed by atoms with Crippen molar-refractivity contribution in [1.29, 1.82) is 0 Å². The van der Waals surface area contributed by atoms with Crippen LogP contribution >= 0.6 is 23.4 Å². The molecule has 17 heavy (non-hydrogen) atoms. The Kier molecular flexibility index (Phi) is 4.02. The van der Waals surface area contributed by atoms with Gasteiger partial charge in [-0.3, -0.25) is 0 Å². The topological polar surface area (TPSA) is 0 Å². The molecule has 2 rings (SSSR count). The fraction of sp³-hybridized carbons (Fsp3) is 0.0769. The Hall–Kier alpha value is -1.06. The van der Waals surface area contributed by atoms with Gasteiger partial charge in [0, 0.05) is 21.7 Å². The first kappa shape index (κ1) is 12.4. The number of rotatable bonds is 3. The fourth-order valence-corrected chi connectivity index (χ4v) is 2.52. The molecule has 0 saturated heterocycles. The molecule has 0 N–H and O–H groups in total. The van der Waals surface area contributed by atoms with Crippen molar-refractivity contribution in [1.82, 2.24) is 0 Å². The van der Waals surface area contributed by atoms with Crippen molar-refractivity contribution in [2.75, 3.05) is 0 Å². The van der Waals surface area contributed by atoms with Gasteiger partial charge in [-0.05, 0) is 29.8 Å². The molecule has 0 fully saturated rings. The number of halogens is 3. The molecule has 0 aromatic heterocycles. The zero-order valence-corrected chi connectivity index (χ0v) is 10.4. The lowest BCUT2D eigenvalue weighted by molar-refractivity contribution is 0.577. The molecule has 0 spiro atoms. The van der Waals surface area contributed by atoms with E-state index in [2.05, 4.69) is 0 Å². The predicted octanol–water partition coefficient (Wildman–Crippen LogP) is 4.91. The molecule has 0 saturated carbocycles. The van der Waals surface area contributed by atoms with Crippen molar-refractivity contribution < 1.29 is 8.78 Å². The molecule has 0 aliphatic rings. The maximum atomic E-state index is 12.9. The summed E-state index contributed by atoms with van der Waals surface area (Å²) in [6.45, 7) is 0. The van der Waals surface area contributed by atoms with Crippen LogP contribution in [0.15, 0.2) is 47.4 Å². The van der Waals surface area contributed by atoms with E-state index < -0.39 is 11.6 Å². The van der Waals surface area contributed by atoms with Crippen molar-refractivity contribution >= 4 is 23.4 Å². The molecule has 0 heterocycles. The first-order valence-corrected chi connectivity index (χ1v) is 6.33. The van der Waals surface area contributed by atoms with E-state index in [4.69, 9.17) is 11.6 Å². The number of hydrogen-bond donors (Lipinski definition) is 0. The first-order chi connectivity index (χ1) is 8.13. The third-order valence-electron chi connectivity index (χ3n) is 2.13. The van der Waals surface area contributed by atoms with Crippen LogP contribution in [0.5, 0.6) is 0 Å². The minimum absolute atomic E-state index is 0.557. The van der Waals surface area contributed by atoms with Crippen molar-refractivity contribution in [2.24, 2.45) is 0 Å². The Morgan fingerprint density at radius 2 is 1.71 bits per heavy atom. The monoisotopic (exact) mass is 270 g/mol. The Bertz CT molecular complexity index is 508. The smallest absolute Gasteiger partial charge is 0.127 e. The van der Waals surface area contributed by atoms with E-state index in [1.54, 1.807) is 6.07 Å². The van der Waals surface area contributed by atoms with Crippen LogP contribution in [0.2, 0.25) is 5.02 Å². The second-order valence-electron chi connectivity index (χ2n) is 3.52. The first-order valence-electron chi connectivity index (χ1n) is 4.97. The van der Waals surface area contributed by atoms with Gasteiger partial charge in [0.2, 0.25) is 0 Å². The maximum absolute atomic E-state index is 12.9. The van der Waals surface area contributed by atoms with Gasteiger partial charge in [0.15, 0.2) is 0 Å². The second kappa shape index (κ2) is 5.52. The van der Waals surface area contributed by atoms with Crippen LogP contribution < -0.4 is 0 Å². The van der Waals surface area contributed by atoms with E-state index in [9.17, 15) is 8.78 Å². The molecule has 0 unspecified atom stereocenters. The quantitative estimate of drug-likeness (QED) is 0.714. The fourth-order valence-electron chi connectivity index (χ4n) is 1.41. The normalized spacial score (nSPS) is 10.5. The van der Waals surface area contributed by atoms with Crippen molar-refractivity contribution in [3.05, 3.63) is 64.7 Å². The number of hydrogen-bond acceptors (Lipinski definition) is 1. The van der Waals surface area contributed by atoms with E-state index in [0.717, 1.165) is 11.6 Å². The summed E-state index contributed by atoms with van der Waals surface area (Å²) in [6, 6.07) is 10.9. The van der Waals surface area contributed by atoms with Crippen molar-refractivity contribution in [2.45, 2.75) is 10.6 Å². The van der Waals surface area contributed by atoms with Crippen LogP contribution in [0.25, 0.3) is 0 Å². The van der Waals surface area contributed by atoms with Crippen LogP contribution in [0.3, 0.4) is 0 Å². The Labute approximate surface area is 108 Å². The Morgan fingerprint density at radius 3 is 2.35 bits per heavy atom. The molecule has 0 aliphatic carbocycles. The summed E-state index contributed by atoms with van der Waals surface area (Å²) in [4.78, 5) is 0.572. The molecule has 0 aliphatic heterocycles. The van der Waals surface area contributed by atoms with E-state index in [1.807, 2.05) is 18.2 Å². The van der Waals surface area contributed by atoms with E-state index in [-0.39, 0.29) is 0 Å². The van der Waals surface area contributed by atoms with Crippen LogP contribution in [0.4, 0.5) is 8.78 Å². The minimum Gasteiger partial charge on any atom is -0.207 e. The van der Waals surface area contributed by atoms with Crippen LogP contribution in [-0.4, -0.2) is 0 Å². The van der Waals surface area contributed by atoms with Crippen LogP contribution in [0.1, 0.15) is 5.56 Å². The summed E-state index contributed by atoms with van der Waals surface area (Å²) in [6.07, 6.45) is 0. The molecular formula is C13H9ClF2S. The predicted molar refractivity (Wildman–Crippen MR) is 67.4 cm³/mol. The summed E-state index contributed by atoms with van der Waals surface area (Å²) in [5.74, 6) is -0.485. The highest BCUT2D eigenvalue weighted by Gasteiger charge is 2.02. The molecule has 0 bridgehead atoms. The highest BCUT2D eigenvalue weighted by atomic mass is 35.5. The lowest BCUT2D eigenvalue weighted by Crippen LogP contribution is -1.84. The van der Waals surface area contributed by atoms with Gasteiger partial charge in [-0.2, -0.15) is 0 Å². The molecule has 0 nitrogen and oxygen atoms in total. The van der Waals surface area contributed by atoms with Gasteiger partial charge in [-0.15, -0.1) is 11.8 Å². The van der Waals surface area contributed by atoms with E-state index in [1.165, 1.54) is 23.9 Å². The molecule has 0 amide bonds. The van der Waals surface area contributed by atoms with Gasteiger partial charge in [0.1, 0.15) is 11.6 Å². The third-order valence-corrected chi connectivity index (χ3v) is 3.41. The average molecular weight is 271 g/mol. The van der Waals surface area contributed by atoms with Gasteiger partial charge in [0.25, 0.3) is 0 Å². The average Bonchev–Trinajstić information content (AvgIpc) is 2.25. The summed E-state index contributed by atoms with van der Waals surface area (Å²) in [5, 5.41) is 0.661. The van der Waals surface area contributed by atoms with Gasteiger partial charge in [0.05, 0.1) is 0 Å². The number of benzene rings is 2. The molecule has 2 aromatic rings. The zero-order valence-electron chi connectivity index (χ0n) is 8.79. The summed E-state index contributed by atoms with van der Waals surface area (Å²) >= 11 is 7.22. The Balaban J connectivity index is 2.07. The lowest BCUT2D eigenvalue weighted by atomic mass is 10.2. The standard InChI is InChI=1S/C13H9ClF2S/c14-10-3-1-2-9(4-10)8-17-13-6-11(15)5-12(16)7-13/h1-7H,8H2. The minimum atomic E-state index is -0.557. The second-order valence-corrected chi connectivity index (χ2v) is 5.01. The SMILES string of the molecule is Fc1cc(F)cc(SCc2cccc(Cl)c2)c1. The Morgan fingerprint density at radius 1 is 1.00 bits per heavy atom. The zero-order chi connectivity index (χ0) is 12.3. The van der Waals surface area contributed by atoms with Gasteiger partial charge < -0.3 is 0 Å². The summed E-state index contributed by atoms with van der Waals surface area (Å²) in [5.41, 5.74) is 1.02. The van der Waals surface area contributed by atoms with Gasteiger partial charge in [-0.1, -0.05) is 23.7 Å². The van der Waals surface area contributed by atoms with Crippen LogP contribution in [-0.2, 0) is 5.75 Å². The van der Waals surface area contributed by atoms with Crippen LogP contribution in [0, 0.1) is 11.6 Å². The lowest BCUT2D eigenvalue weighted by Gasteiger charge is -2.03.